The van der Waals surface area contributed by atoms with Crippen LogP contribution in [-0.2, 0) is 0 Å². The van der Waals surface area contributed by atoms with E-state index in [-0.39, 0.29) is 5.92 Å². The summed E-state index contributed by atoms with van der Waals surface area (Å²) in [5.74, 6) is 0.277. The lowest BCUT2D eigenvalue weighted by molar-refractivity contribution is 0.372. The molecule has 0 spiro atoms. The number of anilines is 1. The lowest BCUT2D eigenvalue weighted by Crippen LogP contribution is -2.35. The molecule has 0 saturated heterocycles. The molecular weight excluding hydrogens is 276 g/mol. The van der Waals surface area contributed by atoms with Crippen molar-refractivity contribution in [3.63, 3.8) is 0 Å². The molecule has 17 heavy (non-hydrogen) atoms. The first-order chi connectivity index (χ1) is 8.22. The molecule has 0 aromatic heterocycles. The number of nitriles is 1. The summed E-state index contributed by atoms with van der Waals surface area (Å²) in [5, 5.41) is 8.91. The summed E-state index contributed by atoms with van der Waals surface area (Å²) in [7, 11) is 2.15. The molecule has 1 aromatic rings. The minimum absolute atomic E-state index is 0.277. The highest BCUT2D eigenvalue weighted by molar-refractivity contribution is 9.10. The van der Waals surface area contributed by atoms with Gasteiger partial charge in [-0.05, 0) is 53.7 Å². The van der Waals surface area contributed by atoms with Crippen molar-refractivity contribution < 1.29 is 0 Å². The Hall–Kier alpha value is -1.01. The Morgan fingerprint density at radius 1 is 1.24 bits per heavy atom. The quantitative estimate of drug-likeness (QED) is 0.825. The molecule has 0 heterocycles. The smallest absolute Gasteiger partial charge is 0.0655 e. The first-order valence-corrected chi connectivity index (χ1v) is 6.88. The molecular formula is C14H17BrN2. The van der Waals surface area contributed by atoms with Gasteiger partial charge in [-0.25, -0.2) is 0 Å². The Morgan fingerprint density at radius 3 is 2.47 bits per heavy atom. The van der Waals surface area contributed by atoms with E-state index >= 15 is 0 Å². The molecule has 0 amide bonds. The van der Waals surface area contributed by atoms with Crippen molar-refractivity contribution in [3.8, 4) is 6.07 Å². The van der Waals surface area contributed by atoms with E-state index in [0.717, 1.165) is 30.2 Å². The van der Waals surface area contributed by atoms with E-state index in [1.54, 1.807) is 0 Å². The van der Waals surface area contributed by atoms with Crippen LogP contribution in [0.25, 0.3) is 0 Å². The SMILES string of the molecule is CN(c1ccccc1Br)C1CCC(C#N)CC1. The third-order valence-electron chi connectivity index (χ3n) is 3.66. The van der Waals surface area contributed by atoms with Crippen molar-refractivity contribution in [2.45, 2.75) is 31.7 Å². The number of hydrogen-bond acceptors (Lipinski definition) is 2. The van der Waals surface area contributed by atoms with Crippen LogP contribution in [-0.4, -0.2) is 13.1 Å². The van der Waals surface area contributed by atoms with Gasteiger partial charge in [0.15, 0.2) is 0 Å². The predicted octanol–water partition coefficient (Wildman–Crippen LogP) is 3.97. The lowest BCUT2D eigenvalue weighted by Gasteiger charge is -2.34. The summed E-state index contributed by atoms with van der Waals surface area (Å²) in [4.78, 5) is 2.34. The van der Waals surface area contributed by atoms with E-state index in [0.29, 0.717) is 6.04 Å². The third kappa shape index (κ3) is 2.81. The maximum atomic E-state index is 8.91. The fourth-order valence-corrected chi connectivity index (χ4v) is 3.09. The van der Waals surface area contributed by atoms with Crippen LogP contribution in [0.1, 0.15) is 25.7 Å². The fraction of sp³-hybridized carbons (Fsp3) is 0.500. The standard InChI is InChI=1S/C14H17BrN2/c1-17(14-5-3-2-4-13(14)15)12-8-6-11(10-16)7-9-12/h2-5,11-12H,6-9H2,1H3. The molecule has 90 valence electrons. The van der Waals surface area contributed by atoms with Gasteiger partial charge in [-0.1, -0.05) is 12.1 Å². The van der Waals surface area contributed by atoms with Crippen LogP contribution in [0.3, 0.4) is 0 Å². The molecule has 1 aliphatic carbocycles. The molecule has 0 radical (unpaired) electrons. The molecule has 3 heteroatoms. The molecule has 1 aromatic carbocycles. The summed E-state index contributed by atoms with van der Waals surface area (Å²) in [6.45, 7) is 0. The van der Waals surface area contributed by atoms with Gasteiger partial charge in [-0.15, -0.1) is 0 Å². The van der Waals surface area contributed by atoms with E-state index < -0.39 is 0 Å². The minimum atomic E-state index is 0.277. The van der Waals surface area contributed by atoms with Gasteiger partial charge in [0.05, 0.1) is 11.8 Å². The highest BCUT2D eigenvalue weighted by Gasteiger charge is 2.24. The zero-order valence-corrected chi connectivity index (χ0v) is 11.7. The van der Waals surface area contributed by atoms with E-state index in [1.807, 2.05) is 6.07 Å². The molecule has 0 N–H and O–H groups in total. The molecule has 1 saturated carbocycles. The highest BCUT2D eigenvalue weighted by Crippen LogP contribution is 2.32. The molecule has 1 fully saturated rings. The van der Waals surface area contributed by atoms with Crippen molar-refractivity contribution >= 4 is 21.6 Å². The second-order valence-electron chi connectivity index (χ2n) is 4.70. The van der Waals surface area contributed by atoms with Crippen molar-refractivity contribution in [3.05, 3.63) is 28.7 Å². The second-order valence-corrected chi connectivity index (χ2v) is 5.55. The summed E-state index contributed by atoms with van der Waals surface area (Å²) in [6, 6.07) is 11.3. The Labute approximate surface area is 111 Å². The van der Waals surface area contributed by atoms with Gasteiger partial charge in [0.2, 0.25) is 0 Å². The van der Waals surface area contributed by atoms with Crippen LogP contribution in [0, 0.1) is 17.2 Å². The lowest BCUT2D eigenvalue weighted by atomic mass is 9.86. The average molecular weight is 293 g/mol. The average Bonchev–Trinajstić information content (AvgIpc) is 2.39. The van der Waals surface area contributed by atoms with Crippen LogP contribution in [0.4, 0.5) is 5.69 Å². The highest BCUT2D eigenvalue weighted by atomic mass is 79.9. The number of rotatable bonds is 2. The maximum Gasteiger partial charge on any atom is 0.0655 e. The Balaban J connectivity index is 2.05. The Kier molecular flexibility index (Phi) is 4.06. The van der Waals surface area contributed by atoms with Crippen LogP contribution in [0.2, 0.25) is 0 Å². The zero-order valence-electron chi connectivity index (χ0n) is 10.1. The maximum absolute atomic E-state index is 8.91. The number of nitrogens with zero attached hydrogens (tertiary/aromatic N) is 2. The van der Waals surface area contributed by atoms with Gasteiger partial charge in [0, 0.05) is 23.5 Å². The van der Waals surface area contributed by atoms with Gasteiger partial charge < -0.3 is 4.90 Å². The van der Waals surface area contributed by atoms with Crippen LogP contribution < -0.4 is 4.90 Å². The predicted molar refractivity (Wildman–Crippen MR) is 73.9 cm³/mol. The van der Waals surface area contributed by atoms with Crippen LogP contribution in [0.15, 0.2) is 28.7 Å². The summed E-state index contributed by atoms with van der Waals surface area (Å²) in [6.07, 6.45) is 4.32. The largest absolute Gasteiger partial charge is 0.371 e. The number of para-hydroxylation sites is 1. The zero-order chi connectivity index (χ0) is 12.3. The summed E-state index contributed by atoms with van der Waals surface area (Å²) >= 11 is 3.60. The molecule has 0 atom stereocenters. The first-order valence-electron chi connectivity index (χ1n) is 6.09. The Morgan fingerprint density at radius 2 is 1.88 bits per heavy atom. The number of benzene rings is 1. The van der Waals surface area contributed by atoms with E-state index in [9.17, 15) is 0 Å². The summed E-state index contributed by atoms with van der Waals surface area (Å²) < 4.78 is 1.14. The molecule has 2 nitrogen and oxygen atoms in total. The van der Waals surface area contributed by atoms with Gasteiger partial charge in [-0.3, -0.25) is 0 Å². The molecule has 0 aliphatic heterocycles. The van der Waals surface area contributed by atoms with Gasteiger partial charge in [0.1, 0.15) is 0 Å². The molecule has 1 aliphatic rings. The number of halogens is 1. The van der Waals surface area contributed by atoms with E-state index in [4.69, 9.17) is 5.26 Å². The Bertz CT molecular complexity index is 416. The van der Waals surface area contributed by atoms with Gasteiger partial charge >= 0.3 is 0 Å². The van der Waals surface area contributed by atoms with Crippen molar-refractivity contribution in [1.82, 2.24) is 0 Å². The topological polar surface area (TPSA) is 27.0 Å². The molecule has 0 bridgehead atoms. The third-order valence-corrected chi connectivity index (χ3v) is 4.33. The van der Waals surface area contributed by atoms with Crippen molar-refractivity contribution in [1.29, 1.82) is 5.26 Å². The van der Waals surface area contributed by atoms with Crippen molar-refractivity contribution in [2.24, 2.45) is 5.92 Å². The van der Waals surface area contributed by atoms with E-state index in [1.165, 1.54) is 5.69 Å². The number of hydrogen-bond donors (Lipinski definition) is 0. The van der Waals surface area contributed by atoms with Crippen LogP contribution >= 0.6 is 15.9 Å². The monoisotopic (exact) mass is 292 g/mol. The van der Waals surface area contributed by atoms with Gasteiger partial charge in [-0.2, -0.15) is 5.26 Å². The normalized spacial score (nSPS) is 24.1. The fourth-order valence-electron chi connectivity index (χ4n) is 2.53. The van der Waals surface area contributed by atoms with E-state index in [2.05, 4.69) is 52.1 Å². The molecule has 0 unspecified atom stereocenters. The van der Waals surface area contributed by atoms with Gasteiger partial charge in [0.25, 0.3) is 0 Å². The second kappa shape index (κ2) is 5.55. The van der Waals surface area contributed by atoms with Crippen LogP contribution in [0.5, 0.6) is 0 Å². The minimum Gasteiger partial charge on any atom is -0.371 e. The summed E-state index contributed by atoms with van der Waals surface area (Å²) in [5.41, 5.74) is 1.24. The van der Waals surface area contributed by atoms with Crippen molar-refractivity contribution in [2.75, 3.05) is 11.9 Å². The molecule has 2 rings (SSSR count). The first kappa shape index (κ1) is 12.4.